The fourth-order valence-electron chi connectivity index (χ4n) is 3.86. The normalized spacial score (nSPS) is 32.9. The second-order valence-electron chi connectivity index (χ2n) is 7.26. The second kappa shape index (κ2) is 4.72. The lowest BCUT2D eigenvalue weighted by Gasteiger charge is -2.50. The Balaban J connectivity index is 2.10. The Labute approximate surface area is 113 Å². The van der Waals surface area contributed by atoms with E-state index >= 15 is 0 Å². The van der Waals surface area contributed by atoms with Crippen molar-refractivity contribution in [2.75, 3.05) is 0 Å². The Morgan fingerprint density at radius 1 is 1.39 bits per heavy atom. The van der Waals surface area contributed by atoms with Gasteiger partial charge in [-0.15, -0.1) is 0 Å². The minimum absolute atomic E-state index is 0.319. The Morgan fingerprint density at radius 3 is 2.61 bits per heavy atom. The fraction of sp³-hybridized carbons (Fsp3) is 0.667. The van der Waals surface area contributed by atoms with Gasteiger partial charge in [-0.1, -0.05) is 49.3 Å². The van der Waals surface area contributed by atoms with Gasteiger partial charge in [-0.2, -0.15) is 0 Å². The summed E-state index contributed by atoms with van der Waals surface area (Å²) < 4.78 is 0. The number of allylic oxidation sites excluding steroid dienone is 5. The first-order valence-corrected chi connectivity index (χ1v) is 7.31. The molecule has 0 amide bonds. The van der Waals surface area contributed by atoms with E-state index in [4.69, 9.17) is 0 Å². The van der Waals surface area contributed by atoms with Gasteiger partial charge in [0.25, 0.3) is 0 Å². The average molecular weight is 244 g/mol. The van der Waals surface area contributed by atoms with E-state index in [0.29, 0.717) is 11.3 Å². The molecule has 100 valence electrons. The molecule has 18 heavy (non-hydrogen) atoms. The molecule has 1 saturated carbocycles. The molecule has 0 saturated heterocycles. The summed E-state index contributed by atoms with van der Waals surface area (Å²) in [5.41, 5.74) is 4.87. The molecule has 2 rings (SSSR count). The van der Waals surface area contributed by atoms with Gasteiger partial charge in [-0.3, -0.25) is 0 Å². The molecule has 0 aliphatic heterocycles. The summed E-state index contributed by atoms with van der Waals surface area (Å²) in [7, 11) is 0. The van der Waals surface area contributed by atoms with Crippen molar-refractivity contribution in [3.8, 4) is 0 Å². The van der Waals surface area contributed by atoms with Gasteiger partial charge in [-0.05, 0) is 63.2 Å². The van der Waals surface area contributed by atoms with E-state index in [1.54, 1.807) is 5.57 Å². The number of fused-ring (bicyclic) bond motifs is 1. The van der Waals surface area contributed by atoms with Crippen LogP contribution in [0.2, 0.25) is 0 Å². The van der Waals surface area contributed by atoms with Crippen LogP contribution in [-0.4, -0.2) is 0 Å². The lowest BCUT2D eigenvalue weighted by atomic mass is 9.55. The summed E-state index contributed by atoms with van der Waals surface area (Å²) in [6.45, 7) is 15.6. The van der Waals surface area contributed by atoms with Crippen LogP contribution < -0.4 is 0 Å². The molecule has 0 aromatic carbocycles. The van der Waals surface area contributed by atoms with Crippen LogP contribution in [0, 0.1) is 23.2 Å². The SMILES string of the molecule is C=C(C)C1C[C@@H]2C(=CC1(C)C)CC2CC=C(C)C. The Morgan fingerprint density at radius 2 is 2.06 bits per heavy atom. The van der Waals surface area contributed by atoms with E-state index in [2.05, 4.69) is 53.3 Å². The molecule has 0 heteroatoms. The smallest absolute Gasteiger partial charge is 0.0107 e. The van der Waals surface area contributed by atoms with Crippen molar-refractivity contribution in [1.29, 1.82) is 0 Å². The summed E-state index contributed by atoms with van der Waals surface area (Å²) in [6.07, 6.45) is 8.90. The van der Waals surface area contributed by atoms with Gasteiger partial charge >= 0.3 is 0 Å². The molecule has 0 spiro atoms. The van der Waals surface area contributed by atoms with Crippen LogP contribution in [0.3, 0.4) is 0 Å². The van der Waals surface area contributed by atoms with Crippen molar-refractivity contribution >= 4 is 0 Å². The third kappa shape index (κ3) is 2.48. The van der Waals surface area contributed by atoms with E-state index in [-0.39, 0.29) is 0 Å². The standard InChI is InChI=1S/C18H28/c1-12(2)7-8-14-9-15-11-18(5,6)17(13(3)4)10-16(14)15/h7,11,14,16-17H,3,8-10H2,1-2,4-6H3/t14?,16-,17?/m0/s1. The second-order valence-corrected chi connectivity index (χ2v) is 7.26. The van der Waals surface area contributed by atoms with Crippen molar-refractivity contribution < 1.29 is 0 Å². The molecule has 0 aromatic rings. The van der Waals surface area contributed by atoms with Gasteiger partial charge in [0.2, 0.25) is 0 Å². The van der Waals surface area contributed by atoms with Crippen molar-refractivity contribution in [3.05, 3.63) is 35.5 Å². The summed E-state index contributed by atoms with van der Waals surface area (Å²) in [6, 6.07) is 0. The Kier molecular flexibility index (Phi) is 3.58. The molecule has 0 bridgehead atoms. The topological polar surface area (TPSA) is 0 Å². The van der Waals surface area contributed by atoms with Gasteiger partial charge in [0.15, 0.2) is 0 Å². The maximum Gasteiger partial charge on any atom is -0.0107 e. The third-order valence-corrected chi connectivity index (χ3v) is 4.91. The van der Waals surface area contributed by atoms with E-state index in [1.165, 1.54) is 30.4 Å². The zero-order valence-corrected chi connectivity index (χ0v) is 12.7. The fourth-order valence-corrected chi connectivity index (χ4v) is 3.86. The molecule has 0 N–H and O–H groups in total. The van der Waals surface area contributed by atoms with Crippen LogP contribution in [-0.2, 0) is 0 Å². The largest absolute Gasteiger partial charge is 0.0998 e. The molecular weight excluding hydrogens is 216 g/mol. The molecule has 2 unspecified atom stereocenters. The molecule has 2 aliphatic carbocycles. The highest BCUT2D eigenvalue weighted by Gasteiger charge is 2.44. The summed E-state index contributed by atoms with van der Waals surface area (Å²) in [5, 5.41) is 0. The van der Waals surface area contributed by atoms with Crippen LogP contribution in [0.25, 0.3) is 0 Å². The van der Waals surface area contributed by atoms with Gasteiger partial charge in [0.1, 0.15) is 0 Å². The van der Waals surface area contributed by atoms with Crippen molar-refractivity contribution in [2.45, 2.75) is 53.9 Å². The van der Waals surface area contributed by atoms with Crippen LogP contribution in [0.4, 0.5) is 0 Å². The van der Waals surface area contributed by atoms with E-state index in [0.717, 1.165) is 11.8 Å². The highest BCUT2D eigenvalue weighted by atomic mass is 14.5. The number of hydrogen-bond donors (Lipinski definition) is 0. The molecule has 2 aliphatic rings. The van der Waals surface area contributed by atoms with Gasteiger partial charge in [0.05, 0.1) is 0 Å². The number of hydrogen-bond acceptors (Lipinski definition) is 0. The molecule has 0 heterocycles. The third-order valence-electron chi connectivity index (χ3n) is 4.91. The predicted octanol–water partition coefficient (Wildman–Crippen LogP) is 5.53. The van der Waals surface area contributed by atoms with Crippen molar-refractivity contribution in [2.24, 2.45) is 23.2 Å². The lowest BCUT2D eigenvalue weighted by molar-refractivity contribution is 0.157. The highest BCUT2D eigenvalue weighted by molar-refractivity contribution is 5.29. The van der Waals surface area contributed by atoms with Crippen LogP contribution >= 0.6 is 0 Å². The van der Waals surface area contributed by atoms with E-state index in [9.17, 15) is 0 Å². The molecule has 3 atom stereocenters. The van der Waals surface area contributed by atoms with Crippen LogP contribution in [0.5, 0.6) is 0 Å². The van der Waals surface area contributed by atoms with Crippen molar-refractivity contribution in [3.63, 3.8) is 0 Å². The highest BCUT2D eigenvalue weighted by Crippen LogP contribution is 2.55. The van der Waals surface area contributed by atoms with Gasteiger partial charge in [0, 0.05) is 0 Å². The zero-order valence-electron chi connectivity index (χ0n) is 12.7. The molecule has 0 aromatic heterocycles. The van der Waals surface area contributed by atoms with Crippen LogP contribution in [0.15, 0.2) is 35.5 Å². The zero-order chi connectivity index (χ0) is 13.5. The maximum atomic E-state index is 4.22. The molecular formula is C18H28. The Hall–Kier alpha value is -0.780. The minimum atomic E-state index is 0.319. The van der Waals surface area contributed by atoms with Crippen LogP contribution in [0.1, 0.15) is 53.9 Å². The lowest BCUT2D eigenvalue weighted by Crippen LogP contribution is -2.40. The quantitative estimate of drug-likeness (QED) is 0.573. The molecule has 1 fully saturated rings. The monoisotopic (exact) mass is 244 g/mol. The van der Waals surface area contributed by atoms with E-state index in [1.807, 2.05) is 0 Å². The van der Waals surface area contributed by atoms with Gasteiger partial charge in [-0.25, -0.2) is 0 Å². The minimum Gasteiger partial charge on any atom is -0.0998 e. The number of rotatable bonds is 3. The first kappa shape index (κ1) is 13.6. The average Bonchev–Trinajstić information content (AvgIpc) is 2.19. The summed E-state index contributed by atoms with van der Waals surface area (Å²) >= 11 is 0. The summed E-state index contributed by atoms with van der Waals surface area (Å²) in [5.74, 6) is 2.40. The first-order valence-electron chi connectivity index (χ1n) is 7.31. The predicted molar refractivity (Wildman–Crippen MR) is 80.4 cm³/mol. The Bertz CT molecular complexity index is 402. The van der Waals surface area contributed by atoms with Gasteiger partial charge < -0.3 is 0 Å². The van der Waals surface area contributed by atoms with Crippen molar-refractivity contribution in [1.82, 2.24) is 0 Å². The first-order chi connectivity index (χ1) is 8.31. The maximum absolute atomic E-state index is 4.22. The summed E-state index contributed by atoms with van der Waals surface area (Å²) in [4.78, 5) is 0. The molecule has 0 radical (unpaired) electrons. The van der Waals surface area contributed by atoms with E-state index < -0.39 is 0 Å². The molecule has 0 nitrogen and oxygen atoms in total.